The zero-order valence-electron chi connectivity index (χ0n) is 19.5. The predicted octanol–water partition coefficient (Wildman–Crippen LogP) is 5.52. The lowest BCUT2D eigenvalue weighted by Crippen LogP contribution is -2.44. The Kier molecular flexibility index (Phi) is 8.40. The smallest absolute Gasteiger partial charge is 0.308 e. The average Bonchev–Trinajstić information content (AvgIpc) is 2.85. The maximum Gasteiger partial charge on any atom is 0.308 e. The van der Waals surface area contributed by atoms with Crippen LogP contribution in [0.15, 0.2) is 59.6 Å². The SMILES string of the molecule is COc1ccc2nccc(CCCC3CCN(CCSc4ccccc4F)CC3C(=O)O)c2c1. The molecule has 1 aliphatic rings. The average molecular weight is 483 g/mol. The number of piperidine rings is 1. The van der Waals surface area contributed by atoms with Crippen LogP contribution in [0.3, 0.4) is 0 Å². The van der Waals surface area contributed by atoms with Crippen molar-refractivity contribution in [3.8, 4) is 5.75 Å². The van der Waals surface area contributed by atoms with Crippen LogP contribution < -0.4 is 4.74 Å². The molecule has 7 heteroatoms. The van der Waals surface area contributed by atoms with Crippen molar-refractivity contribution in [2.24, 2.45) is 11.8 Å². The maximum atomic E-state index is 13.8. The highest BCUT2D eigenvalue weighted by molar-refractivity contribution is 7.99. The first-order valence-electron chi connectivity index (χ1n) is 11.8. The van der Waals surface area contributed by atoms with Crippen LogP contribution in [0.1, 0.15) is 24.8 Å². The molecular formula is C27H31FN2O3S. The summed E-state index contributed by atoms with van der Waals surface area (Å²) in [5.41, 5.74) is 2.17. The van der Waals surface area contributed by atoms with E-state index in [1.165, 1.54) is 23.4 Å². The molecule has 1 aromatic heterocycles. The van der Waals surface area contributed by atoms with Crippen molar-refractivity contribution in [1.82, 2.24) is 9.88 Å². The molecule has 34 heavy (non-hydrogen) atoms. The molecule has 0 radical (unpaired) electrons. The van der Waals surface area contributed by atoms with Crippen LogP contribution >= 0.6 is 11.8 Å². The van der Waals surface area contributed by atoms with Crippen molar-refractivity contribution < 1.29 is 19.0 Å². The Bertz CT molecular complexity index is 1130. The number of aliphatic carboxylic acids is 1. The van der Waals surface area contributed by atoms with Crippen LogP contribution in [-0.4, -0.2) is 53.5 Å². The molecule has 0 spiro atoms. The number of carboxylic acid groups (broad SMARTS) is 1. The maximum absolute atomic E-state index is 13.8. The van der Waals surface area contributed by atoms with E-state index < -0.39 is 5.97 Å². The minimum Gasteiger partial charge on any atom is -0.497 e. The fraction of sp³-hybridized carbons (Fsp3) is 0.407. The van der Waals surface area contributed by atoms with Gasteiger partial charge in [0.1, 0.15) is 11.6 Å². The number of hydrogen-bond acceptors (Lipinski definition) is 5. The molecule has 0 amide bonds. The van der Waals surface area contributed by atoms with Gasteiger partial charge in [0.15, 0.2) is 0 Å². The number of aryl methyl sites for hydroxylation is 1. The number of methoxy groups -OCH3 is 1. The number of aromatic nitrogens is 1. The number of nitrogens with zero attached hydrogens (tertiary/aromatic N) is 2. The summed E-state index contributed by atoms with van der Waals surface area (Å²) in [5, 5.41) is 11.0. The van der Waals surface area contributed by atoms with Crippen LogP contribution in [0, 0.1) is 17.7 Å². The van der Waals surface area contributed by atoms with Gasteiger partial charge >= 0.3 is 5.97 Å². The number of thioether (sulfide) groups is 1. The summed E-state index contributed by atoms with van der Waals surface area (Å²) in [6.07, 6.45) is 5.43. The number of halogens is 1. The predicted molar refractivity (Wildman–Crippen MR) is 134 cm³/mol. The van der Waals surface area contributed by atoms with Gasteiger partial charge in [0.25, 0.3) is 0 Å². The standard InChI is InChI=1S/C27H31FN2O3S/c1-33-21-9-10-25-22(17-21)19(11-13-29-25)5-4-6-20-12-14-30(18-23(20)27(31)32)15-16-34-26-8-3-2-7-24(26)28/h2-3,7-11,13,17,20,23H,4-6,12,14-16,18H2,1H3,(H,31,32). The van der Waals surface area contributed by atoms with Crippen LogP contribution in [0.5, 0.6) is 5.75 Å². The summed E-state index contributed by atoms with van der Waals surface area (Å²) in [6.45, 7) is 2.22. The lowest BCUT2D eigenvalue weighted by molar-refractivity contribution is -0.146. The summed E-state index contributed by atoms with van der Waals surface area (Å²) in [5.74, 6) is 0.465. The molecule has 0 bridgehead atoms. The molecule has 5 nitrogen and oxygen atoms in total. The highest BCUT2D eigenvalue weighted by Gasteiger charge is 2.33. The van der Waals surface area contributed by atoms with E-state index in [0.29, 0.717) is 11.4 Å². The lowest BCUT2D eigenvalue weighted by atomic mass is 9.81. The Morgan fingerprint density at radius 1 is 1.26 bits per heavy atom. The van der Waals surface area contributed by atoms with Gasteiger partial charge in [-0.05, 0) is 80.1 Å². The van der Waals surface area contributed by atoms with Gasteiger partial charge in [0.2, 0.25) is 0 Å². The molecule has 2 aromatic carbocycles. The number of ether oxygens (including phenoxy) is 1. The van der Waals surface area contributed by atoms with E-state index in [1.807, 2.05) is 36.5 Å². The molecule has 3 aromatic rings. The van der Waals surface area contributed by atoms with E-state index in [4.69, 9.17) is 4.74 Å². The molecule has 180 valence electrons. The van der Waals surface area contributed by atoms with E-state index in [-0.39, 0.29) is 17.7 Å². The van der Waals surface area contributed by atoms with Gasteiger partial charge in [0.05, 0.1) is 18.5 Å². The summed E-state index contributed by atoms with van der Waals surface area (Å²) in [6, 6.07) is 14.7. The highest BCUT2D eigenvalue weighted by atomic mass is 32.2. The fourth-order valence-electron chi connectivity index (χ4n) is 4.82. The molecule has 0 saturated carbocycles. The molecular weight excluding hydrogens is 451 g/mol. The molecule has 1 fully saturated rings. The number of carboxylic acids is 1. The van der Waals surface area contributed by atoms with Gasteiger partial charge in [-0.15, -0.1) is 11.8 Å². The molecule has 2 atom stereocenters. The third kappa shape index (κ3) is 6.07. The molecule has 4 rings (SSSR count). The quantitative estimate of drug-likeness (QED) is 0.384. The first-order valence-corrected chi connectivity index (χ1v) is 12.8. The second-order valence-corrected chi connectivity index (χ2v) is 9.96. The number of likely N-dealkylation sites (tertiary alicyclic amines) is 1. The molecule has 1 aliphatic heterocycles. The largest absolute Gasteiger partial charge is 0.497 e. The molecule has 0 aliphatic carbocycles. The third-order valence-corrected chi connectivity index (χ3v) is 7.75. The minimum absolute atomic E-state index is 0.176. The molecule has 1 saturated heterocycles. The number of benzene rings is 2. The van der Waals surface area contributed by atoms with Crippen molar-refractivity contribution >= 4 is 28.6 Å². The van der Waals surface area contributed by atoms with E-state index in [2.05, 4.69) is 9.88 Å². The van der Waals surface area contributed by atoms with Crippen molar-refractivity contribution in [3.63, 3.8) is 0 Å². The number of hydrogen-bond donors (Lipinski definition) is 1. The fourth-order valence-corrected chi connectivity index (χ4v) is 5.77. The minimum atomic E-state index is -0.712. The van der Waals surface area contributed by atoms with Gasteiger partial charge < -0.3 is 14.7 Å². The topological polar surface area (TPSA) is 62.7 Å². The van der Waals surface area contributed by atoms with E-state index in [1.54, 1.807) is 19.2 Å². The second kappa shape index (κ2) is 11.7. The van der Waals surface area contributed by atoms with Crippen LogP contribution in [0.4, 0.5) is 4.39 Å². The first-order chi connectivity index (χ1) is 16.5. The second-order valence-electron chi connectivity index (χ2n) is 8.82. The zero-order valence-corrected chi connectivity index (χ0v) is 20.3. The van der Waals surface area contributed by atoms with Crippen LogP contribution in [0.2, 0.25) is 0 Å². The normalized spacial score (nSPS) is 18.8. The van der Waals surface area contributed by atoms with Crippen LogP contribution in [0.25, 0.3) is 10.9 Å². The van der Waals surface area contributed by atoms with Crippen molar-refractivity contribution in [3.05, 3.63) is 66.1 Å². The monoisotopic (exact) mass is 482 g/mol. The summed E-state index contributed by atoms with van der Waals surface area (Å²) >= 11 is 1.49. The summed E-state index contributed by atoms with van der Waals surface area (Å²) in [7, 11) is 1.66. The van der Waals surface area contributed by atoms with Gasteiger partial charge in [-0.25, -0.2) is 4.39 Å². The Labute approximate surface area is 204 Å². The summed E-state index contributed by atoms with van der Waals surface area (Å²) < 4.78 is 19.2. The number of pyridine rings is 1. The van der Waals surface area contributed by atoms with Crippen molar-refractivity contribution in [1.29, 1.82) is 0 Å². The Morgan fingerprint density at radius 3 is 2.91 bits per heavy atom. The van der Waals surface area contributed by atoms with Gasteiger partial charge in [-0.2, -0.15) is 0 Å². The van der Waals surface area contributed by atoms with E-state index >= 15 is 0 Å². The Balaban J connectivity index is 1.30. The zero-order chi connectivity index (χ0) is 23.9. The van der Waals surface area contributed by atoms with Crippen molar-refractivity contribution in [2.75, 3.05) is 32.5 Å². The van der Waals surface area contributed by atoms with E-state index in [9.17, 15) is 14.3 Å². The lowest BCUT2D eigenvalue weighted by Gasteiger charge is -2.36. The number of fused-ring (bicyclic) bond motifs is 1. The van der Waals surface area contributed by atoms with Gasteiger partial charge in [0, 0.05) is 35.3 Å². The third-order valence-electron chi connectivity index (χ3n) is 6.72. The van der Waals surface area contributed by atoms with Gasteiger partial charge in [-0.1, -0.05) is 12.1 Å². The Morgan fingerprint density at radius 2 is 2.12 bits per heavy atom. The Hall–Kier alpha value is -2.64. The number of carbonyl (C=O) groups is 1. The van der Waals surface area contributed by atoms with Gasteiger partial charge in [-0.3, -0.25) is 9.78 Å². The molecule has 2 unspecified atom stereocenters. The van der Waals surface area contributed by atoms with Crippen LogP contribution in [-0.2, 0) is 11.2 Å². The molecule has 1 N–H and O–H groups in total. The molecule has 2 heterocycles. The van der Waals surface area contributed by atoms with Crippen molar-refractivity contribution in [2.45, 2.75) is 30.6 Å². The van der Waals surface area contributed by atoms with E-state index in [0.717, 1.165) is 61.2 Å². The first kappa shape index (κ1) is 24.5. The highest BCUT2D eigenvalue weighted by Crippen LogP contribution is 2.30. The number of rotatable bonds is 10. The summed E-state index contributed by atoms with van der Waals surface area (Å²) in [4.78, 5) is 19.3.